The summed E-state index contributed by atoms with van der Waals surface area (Å²) in [6.07, 6.45) is 1.22. The molecule has 0 aliphatic heterocycles. The van der Waals surface area contributed by atoms with Gasteiger partial charge in [0.15, 0.2) is 0 Å². The summed E-state index contributed by atoms with van der Waals surface area (Å²) >= 11 is 0. The highest BCUT2D eigenvalue weighted by Crippen LogP contribution is 2.20. The molecule has 0 bridgehead atoms. The summed E-state index contributed by atoms with van der Waals surface area (Å²) in [5.41, 5.74) is 1.08. The van der Waals surface area contributed by atoms with Gasteiger partial charge in [0.2, 0.25) is 5.91 Å². The Bertz CT molecular complexity index is 433. The highest BCUT2D eigenvalue weighted by molar-refractivity contribution is 5.76. The molecule has 1 rings (SSSR count). The van der Waals surface area contributed by atoms with Crippen molar-refractivity contribution in [2.24, 2.45) is 17.8 Å². The molecule has 0 aliphatic carbocycles. The molecule has 1 aromatic carbocycles. The molecule has 0 heterocycles. The molecule has 0 atom stereocenters. The Hall–Kier alpha value is -1.51. The molecule has 118 valence electrons. The normalized spacial score (nSPS) is 11.2. The van der Waals surface area contributed by atoms with E-state index in [0.717, 1.165) is 17.9 Å². The molecule has 3 nitrogen and oxygen atoms in total. The van der Waals surface area contributed by atoms with Gasteiger partial charge >= 0.3 is 0 Å². The Labute approximate surface area is 129 Å². The van der Waals surface area contributed by atoms with Crippen molar-refractivity contribution >= 4 is 5.91 Å². The van der Waals surface area contributed by atoms with Gasteiger partial charge < -0.3 is 10.1 Å². The van der Waals surface area contributed by atoms with E-state index < -0.39 is 0 Å². The zero-order chi connectivity index (χ0) is 15.8. The van der Waals surface area contributed by atoms with E-state index in [1.54, 1.807) is 7.11 Å². The summed E-state index contributed by atoms with van der Waals surface area (Å²) in [5.74, 6) is 2.67. The molecule has 0 radical (unpaired) electrons. The smallest absolute Gasteiger partial charge is 0.220 e. The molecule has 0 spiro atoms. The van der Waals surface area contributed by atoms with E-state index in [4.69, 9.17) is 4.74 Å². The second-order valence-electron chi connectivity index (χ2n) is 6.27. The van der Waals surface area contributed by atoms with E-state index in [2.05, 4.69) is 33.0 Å². The number of hydrogen-bond acceptors (Lipinski definition) is 2. The van der Waals surface area contributed by atoms with Gasteiger partial charge in [-0.15, -0.1) is 0 Å². The van der Waals surface area contributed by atoms with Gasteiger partial charge in [-0.3, -0.25) is 4.79 Å². The number of carbonyl (C=O) groups excluding carboxylic acids is 1. The third kappa shape index (κ3) is 5.78. The summed E-state index contributed by atoms with van der Waals surface area (Å²) in [4.78, 5) is 12.0. The van der Waals surface area contributed by atoms with Crippen molar-refractivity contribution in [1.82, 2.24) is 5.32 Å². The fraction of sp³-hybridized carbons (Fsp3) is 0.611. The van der Waals surface area contributed by atoms with E-state index in [1.807, 2.05) is 24.3 Å². The zero-order valence-electron chi connectivity index (χ0n) is 14.0. The number of hydrogen-bond donors (Lipinski definition) is 1. The first-order valence-corrected chi connectivity index (χ1v) is 7.84. The van der Waals surface area contributed by atoms with Crippen molar-refractivity contribution in [1.29, 1.82) is 0 Å². The Morgan fingerprint density at radius 3 is 2.33 bits per heavy atom. The number of benzene rings is 1. The van der Waals surface area contributed by atoms with Gasteiger partial charge in [0.25, 0.3) is 0 Å². The Morgan fingerprint density at radius 2 is 1.76 bits per heavy atom. The van der Waals surface area contributed by atoms with Gasteiger partial charge in [0.1, 0.15) is 5.75 Å². The summed E-state index contributed by atoms with van der Waals surface area (Å²) in [7, 11) is 1.66. The van der Waals surface area contributed by atoms with Crippen LogP contribution < -0.4 is 10.1 Å². The first kappa shape index (κ1) is 17.5. The standard InChI is InChI=1S/C18H29NO2/c1-13(2)16(14(3)4)12-19-18(20)11-10-15-8-6-7-9-17(15)21-5/h6-9,13-14,16H,10-12H2,1-5H3,(H,19,20). The summed E-state index contributed by atoms with van der Waals surface area (Å²) < 4.78 is 5.31. The van der Waals surface area contributed by atoms with Crippen LogP contribution in [-0.4, -0.2) is 19.6 Å². The molecule has 1 aromatic rings. The van der Waals surface area contributed by atoms with Crippen LogP contribution in [0.2, 0.25) is 0 Å². The summed E-state index contributed by atoms with van der Waals surface area (Å²) in [6, 6.07) is 7.86. The minimum atomic E-state index is 0.118. The van der Waals surface area contributed by atoms with Gasteiger partial charge in [0, 0.05) is 13.0 Å². The second-order valence-corrected chi connectivity index (χ2v) is 6.27. The van der Waals surface area contributed by atoms with Gasteiger partial charge in [0.05, 0.1) is 7.11 Å². The molecule has 0 unspecified atom stereocenters. The molecule has 1 amide bonds. The molecular formula is C18H29NO2. The van der Waals surface area contributed by atoms with Crippen molar-refractivity contribution in [2.45, 2.75) is 40.5 Å². The average Bonchev–Trinajstić information content (AvgIpc) is 2.44. The minimum Gasteiger partial charge on any atom is -0.496 e. The molecular weight excluding hydrogens is 262 g/mol. The minimum absolute atomic E-state index is 0.118. The van der Waals surface area contributed by atoms with Crippen LogP contribution in [-0.2, 0) is 11.2 Å². The van der Waals surface area contributed by atoms with E-state index >= 15 is 0 Å². The van der Waals surface area contributed by atoms with E-state index in [1.165, 1.54) is 0 Å². The van der Waals surface area contributed by atoms with E-state index in [0.29, 0.717) is 30.6 Å². The SMILES string of the molecule is COc1ccccc1CCC(=O)NCC(C(C)C)C(C)C. The van der Waals surface area contributed by atoms with Crippen LogP contribution in [0.25, 0.3) is 0 Å². The predicted molar refractivity (Wildman–Crippen MR) is 87.5 cm³/mol. The number of nitrogens with one attached hydrogen (secondary N) is 1. The van der Waals surface area contributed by atoms with Crippen LogP contribution in [0.1, 0.15) is 39.7 Å². The number of ether oxygens (including phenoxy) is 1. The van der Waals surface area contributed by atoms with Gasteiger partial charge in [-0.2, -0.15) is 0 Å². The molecule has 0 saturated carbocycles. The van der Waals surface area contributed by atoms with Crippen molar-refractivity contribution < 1.29 is 9.53 Å². The third-order valence-electron chi connectivity index (χ3n) is 4.06. The number of rotatable bonds is 8. The van der Waals surface area contributed by atoms with Gasteiger partial charge in [-0.1, -0.05) is 45.9 Å². The van der Waals surface area contributed by atoms with Crippen LogP contribution in [0.3, 0.4) is 0 Å². The Kier molecular flexibility index (Phi) is 7.27. The zero-order valence-corrected chi connectivity index (χ0v) is 14.0. The number of methoxy groups -OCH3 is 1. The quantitative estimate of drug-likeness (QED) is 0.793. The van der Waals surface area contributed by atoms with Crippen molar-refractivity contribution in [3.05, 3.63) is 29.8 Å². The molecule has 1 N–H and O–H groups in total. The van der Waals surface area contributed by atoms with Crippen LogP contribution in [0.4, 0.5) is 0 Å². The lowest BCUT2D eigenvalue weighted by Crippen LogP contribution is -2.34. The first-order chi connectivity index (χ1) is 9.95. The molecule has 0 fully saturated rings. The van der Waals surface area contributed by atoms with Crippen LogP contribution >= 0.6 is 0 Å². The van der Waals surface area contributed by atoms with E-state index in [-0.39, 0.29) is 5.91 Å². The lowest BCUT2D eigenvalue weighted by molar-refractivity contribution is -0.121. The van der Waals surface area contributed by atoms with E-state index in [9.17, 15) is 4.79 Å². The van der Waals surface area contributed by atoms with Gasteiger partial charge in [-0.05, 0) is 35.8 Å². The number of amides is 1. The van der Waals surface area contributed by atoms with Crippen molar-refractivity contribution in [2.75, 3.05) is 13.7 Å². The maximum atomic E-state index is 12.0. The third-order valence-corrected chi connectivity index (χ3v) is 4.06. The van der Waals surface area contributed by atoms with Crippen LogP contribution in [0.15, 0.2) is 24.3 Å². The Morgan fingerprint density at radius 1 is 1.14 bits per heavy atom. The largest absolute Gasteiger partial charge is 0.496 e. The van der Waals surface area contributed by atoms with Crippen molar-refractivity contribution in [3.63, 3.8) is 0 Å². The lowest BCUT2D eigenvalue weighted by atomic mass is 9.85. The van der Waals surface area contributed by atoms with Crippen molar-refractivity contribution in [3.8, 4) is 5.75 Å². The van der Waals surface area contributed by atoms with Crippen LogP contribution in [0, 0.1) is 17.8 Å². The molecule has 3 heteroatoms. The molecule has 21 heavy (non-hydrogen) atoms. The summed E-state index contributed by atoms with van der Waals surface area (Å²) in [5, 5.41) is 3.07. The highest BCUT2D eigenvalue weighted by atomic mass is 16.5. The molecule has 0 saturated heterocycles. The maximum absolute atomic E-state index is 12.0. The first-order valence-electron chi connectivity index (χ1n) is 7.84. The topological polar surface area (TPSA) is 38.3 Å². The average molecular weight is 291 g/mol. The molecule has 0 aliphatic rings. The number of para-hydroxylation sites is 1. The predicted octanol–water partition coefficient (Wildman–Crippen LogP) is 3.67. The fourth-order valence-corrected chi connectivity index (χ4v) is 2.72. The second kappa shape index (κ2) is 8.71. The summed E-state index contributed by atoms with van der Waals surface area (Å²) in [6.45, 7) is 9.62. The highest BCUT2D eigenvalue weighted by Gasteiger charge is 2.18. The van der Waals surface area contributed by atoms with Crippen LogP contribution in [0.5, 0.6) is 5.75 Å². The molecule has 0 aromatic heterocycles. The number of carbonyl (C=O) groups is 1. The lowest BCUT2D eigenvalue weighted by Gasteiger charge is -2.25. The Balaban J connectivity index is 2.44. The number of aryl methyl sites for hydroxylation is 1. The maximum Gasteiger partial charge on any atom is 0.220 e. The monoisotopic (exact) mass is 291 g/mol. The fourth-order valence-electron chi connectivity index (χ4n) is 2.72. The van der Waals surface area contributed by atoms with Gasteiger partial charge in [-0.25, -0.2) is 0 Å².